The number of halogens is 3. The van der Waals surface area contributed by atoms with E-state index in [2.05, 4.69) is 10.6 Å². The van der Waals surface area contributed by atoms with Crippen LogP contribution < -0.4 is 15.5 Å². The van der Waals surface area contributed by atoms with E-state index in [1.54, 1.807) is 4.90 Å². The van der Waals surface area contributed by atoms with Gasteiger partial charge in [-0.2, -0.15) is 13.2 Å². The second-order valence-electron chi connectivity index (χ2n) is 5.84. The predicted molar refractivity (Wildman–Crippen MR) is 90.8 cm³/mol. The molecule has 1 aliphatic rings. The third-order valence-corrected chi connectivity index (χ3v) is 4.05. The van der Waals surface area contributed by atoms with Crippen molar-refractivity contribution in [2.24, 2.45) is 0 Å². The van der Waals surface area contributed by atoms with E-state index in [1.807, 2.05) is 30.3 Å². The number of carbonyl (C=O) groups excluding carboxylic acids is 2. The number of para-hydroxylation sites is 1. The summed E-state index contributed by atoms with van der Waals surface area (Å²) < 4.78 is 37.6. The summed E-state index contributed by atoms with van der Waals surface area (Å²) in [7, 11) is 0. The van der Waals surface area contributed by atoms with Gasteiger partial charge in [0.15, 0.2) is 0 Å². The van der Waals surface area contributed by atoms with E-state index in [4.69, 9.17) is 0 Å². The maximum Gasteiger partial charge on any atom is 0.416 e. The van der Waals surface area contributed by atoms with Crippen LogP contribution in [0.3, 0.4) is 0 Å². The largest absolute Gasteiger partial charge is 0.416 e. The maximum absolute atomic E-state index is 12.5. The average Bonchev–Trinajstić information content (AvgIpc) is 2.96. The molecule has 0 radical (unpaired) electrons. The van der Waals surface area contributed by atoms with Crippen molar-refractivity contribution in [3.63, 3.8) is 0 Å². The van der Waals surface area contributed by atoms with Gasteiger partial charge in [-0.15, -0.1) is 0 Å². The second-order valence-corrected chi connectivity index (χ2v) is 5.84. The molecule has 3 amide bonds. The molecule has 3 rings (SSSR count). The van der Waals surface area contributed by atoms with Crippen molar-refractivity contribution in [2.75, 3.05) is 16.8 Å². The third kappa shape index (κ3) is 3.96. The van der Waals surface area contributed by atoms with Crippen molar-refractivity contribution in [1.29, 1.82) is 0 Å². The number of carbonyl (C=O) groups is 2. The van der Waals surface area contributed by atoms with Gasteiger partial charge in [0.2, 0.25) is 5.91 Å². The van der Waals surface area contributed by atoms with Gasteiger partial charge in [0.1, 0.15) is 6.04 Å². The molecule has 1 heterocycles. The highest BCUT2D eigenvalue weighted by atomic mass is 19.4. The van der Waals surface area contributed by atoms with Crippen molar-refractivity contribution in [3.8, 4) is 0 Å². The van der Waals surface area contributed by atoms with Gasteiger partial charge in [-0.3, -0.25) is 4.79 Å². The van der Waals surface area contributed by atoms with E-state index in [1.165, 1.54) is 0 Å². The second kappa shape index (κ2) is 7.07. The molecular weight excluding hydrogens is 347 g/mol. The molecule has 0 aliphatic carbocycles. The number of urea groups is 1. The SMILES string of the molecule is O=C(Nc1ccc(C(F)(F)F)cc1)NC1CCN(c2ccccc2)C1=O. The summed E-state index contributed by atoms with van der Waals surface area (Å²) in [5.41, 5.74) is 0.166. The molecular formula is C18H16F3N3O2. The van der Waals surface area contributed by atoms with Crippen LogP contribution in [0.15, 0.2) is 54.6 Å². The van der Waals surface area contributed by atoms with Crippen LogP contribution in [0, 0.1) is 0 Å². The Bertz CT molecular complexity index is 792. The third-order valence-electron chi connectivity index (χ3n) is 4.05. The first-order valence-corrected chi connectivity index (χ1v) is 7.96. The van der Waals surface area contributed by atoms with E-state index in [0.29, 0.717) is 13.0 Å². The highest BCUT2D eigenvalue weighted by molar-refractivity contribution is 6.02. The zero-order valence-corrected chi connectivity index (χ0v) is 13.6. The Morgan fingerprint density at radius 3 is 2.31 bits per heavy atom. The quantitative estimate of drug-likeness (QED) is 0.875. The van der Waals surface area contributed by atoms with Crippen molar-refractivity contribution in [3.05, 3.63) is 60.2 Å². The number of hydrogen-bond donors (Lipinski definition) is 2. The number of benzene rings is 2. The minimum Gasteiger partial charge on any atom is -0.326 e. The van der Waals surface area contributed by atoms with Gasteiger partial charge >= 0.3 is 12.2 Å². The van der Waals surface area contributed by atoms with Crippen LogP contribution >= 0.6 is 0 Å². The normalized spacial score (nSPS) is 17.3. The van der Waals surface area contributed by atoms with Crippen LogP contribution in [0.5, 0.6) is 0 Å². The van der Waals surface area contributed by atoms with E-state index < -0.39 is 23.8 Å². The Labute approximate surface area is 147 Å². The minimum absolute atomic E-state index is 0.209. The van der Waals surface area contributed by atoms with Crippen molar-refractivity contribution >= 4 is 23.3 Å². The van der Waals surface area contributed by atoms with Crippen LogP contribution in [-0.4, -0.2) is 24.5 Å². The molecule has 26 heavy (non-hydrogen) atoms. The summed E-state index contributed by atoms with van der Waals surface area (Å²) in [6.07, 6.45) is -3.98. The Morgan fingerprint density at radius 2 is 1.69 bits per heavy atom. The molecule has 2 aromatic rings. The lowest BCUT2D eigenvalue weighted by molar-refractivity contribution is -0.137. The molecule has 1 unspecified atom stereocenters. The zero-order valence-electron chi connectivity index (χ0n) is 13.6. The molecule has 0 bridgehead atoms. The molecule has 5 nitrogen and oxygen atoms in total. The lowest BCUT2D eigenvalue weighted by Crippen LogP contribution is -2.43. The number of nitrogens with zero attached hydrogens (tertiary/aromatic N) is 1. The molecule has 0 spiro atoms. The molecule has 8 heteroatoms. The Balaban J connectivity index is 1.58. The molecule has 1 fully saturated rings. The molecule has 1 saturated heterocycles. The van der Waals surface area contributed by atoms with Gasteiger partial charge in [0.25, 0.3) is 0 Å². The van der Waals surface area contributed by atoms with E-state index in [9.17, 15) is 22.8 Å². The van der Waals surface area contributed by atoms with Gasteiger partial charge < -0.3 is 15.5 Å². The van der Waals surface area contributed by atoms with Gasteiger partial charge in [-0.25, -0.2) is 4.79 Å². The highest BCUT2D eigenvalue weighted by Gasteiger charge is 2.33. The minimum atomic E-state index is -4.43. The van der Waals surface area contributed by atoms with Crippen LogP contribution in [0.1, 0.15) is 12.0 Å². The number of hydrogen-bond acceptors (Lipinski definition) is 2. The summed E-state index contributed by atoms with van der Waals surface area (Å²) in [5.74, 6) is -0.223. The van der Waals surface area contributed by atoms with E-state index >= 15 is 0 Å². The van der Waals surface area contributed by atoms with Crippen LogP contribution in [0.2, 0.25) is 0 Å². The smallest absolute Gasteiger partial charge is 0.326 e. The van der Waals surface area contributed by atoms with Gasteiger partial charge in [0.05, 0.1) is 5.56 Å². The Morgan fingerprint density at radius 1 is 1.04 bits per heavy atom. The highest BCUT2D eigenvalue weighted by Crippen LogP contribution is 2.29. The topological polar surface area (TPSA) is 61.4 Å². The number of rotatable bonds is 3. The lowest BCUT2D eigenvalue weighted by atomic mass is 10.2. The fraction of sp³-hybridized carbons (Fsp3) is 0.222. The molecule has 2 aromatic carbocycles. The Hall–Kier alpha value is -3.03. The van der Waals surface area contributed by atoms with Crippen molar-refractivity contribution in [2.45, 2.75) is 18.6 Å². The Kier molecular flexibility index (Phi) is 4.83. The van der Waals surface area contributed by atoms with Gasteiger partial charge in [-0.05, 0) is 42.8 Å². The molecule has 0 saturated carbocycles. The van der Waals surface area contributed by atoms with Crippen molar-refractivity contribution < 1.29 is 22.8 Å². The summed E-state index contributed by atoms with van der Waals surface area (Å²) in [4.78, 5) is 26.0. The van der Waals surface area contributed by atoms with Crippen molar-refractivity contribution in [1.82, 2.24) is 5.32 Å². The number of anilines is 2. The lowest BCUT2D eigenvalue weighted by Gasteiger charge is -2.17. The molecule has 2 N–H and O–H groups in total. The number of alkyl halides is 3. The summed E-state index contributed by atoms with van der Waals surface area (Å²) >= 11 is 0. The summed E-state index contributed by atoms with van der Waals surface area (Å²) in [6, 6.07) is 11.9. The standard InChI is InChI=1S/C18H16F3N3O2/c19-18(20,21)12-6-8-13(9-7-12)22-17(26)23-15-10-11-24(16(15)25)14-4-2-1-3-5-14/h1-9,15H,10-11H2,(H2,22,23,26). The average molecular weight is 363 g/mol. The van der Waals surface area contributed by atoms with E-state index in [0.717, 1.165) is 30.0 Å². The number of nitrogens with one attached hydrogen (secondary N) is 2. The fourth-order valence-electron chi connectivity index (χ4n) is 2.75. The summed E-state index contributed by atoms with van der Waals surface area (Å²) in [6.45, 7) is 0.480. The fourth-order valence-corrected chi connectivity index (χ4v) is 2.75. The predicted octanol–water partition coefficient (Wildman–Crippen LogP) is 3.63. The maximum atomic E-state index is 12.5. The number of amides is 3. The molecule has 1 atom stereocenters. The molecule has 136 valence electrons. The first-order chi connectivity index (χ1) is 12.3. The monoisotopic (exact) mass is 363 g/mol. The molecule has 0 aromatic heterocycles. The van der Waals surface area contributed by atoms with E-state index in [-0.39, 0.29) is 11.6 Å². The summed E-state index contributed by atoms with van der Waals surface area (Å²) in [5, 5.41) is 4.99. The van der Waals surface area contributed by atoms with Gasteiger partial charge in [0, 0.05) is 17.9 Å². The van der Waals surface area contributed by atoms with Crippen LogP contribution in [0.4, 0.5) is 29.3 Å². The zero-order chi connectivity index (χ0) is 18.7. The van der Waals surface area contributed by atoms with Gasteiger partial charge in [-0.1, -0.05) is 18.2 Å². The first kappa shape index (κ1) is 17.8. The van der Waals surface area contributed by atoms with Crippen LogP contribution in [0.25, 0.3) is 0 Å². The first-order valence-electron chi connectivity index (χ1n) is 7.96. The molecule has 1 aliphatic heterocycles. The van der Waals surface area contributed by atoms with Crippen LogP contribution in [-0.2, 0) is 11.0 Å².